The molecule has 4 aromatic heterocycles. The summed E-state index contributed by atoms with van der Waals surface area (Å²) in [6.45, 7) is 2.68. The molecule has 0 fully saturated rings. The van der Waals surface area contributed by atoms with Crippen LogP contribution in [-0.2, 0) is 20.1 Å². The first-order valence-corrected chi connectivity index (χ1v) is 12.2. The molecule has 37 heavy (non-hydrogen) atoms. The summed E-state index contributed by atoms with van der Waals surface area (Å²) in [6.07, 6.45) is 6.03. The van der Waals surface area contributed by atoms with Gasteiger partial charge >= 0.3 is 6.03 Å². The number of aromatic nitrogens is 7. The summed E-state index contributed by atoms with van der Waals surface area (Å²) in [7, 11) is 1.79. The highest BCUT2D eigenvalue weighted by Crippen LogP contribution is 2.35. The minimum Gasteiger partial charge on any atom is -0.486 e. The number of ether oxygens (including phenoxy) is 1. The van der Waals surface area contributed by atoms with E-state index in [-0.39, 0.29) is 6.03 Å². The number of aromatic amines is 2. The number of pyridine rings is 1. The van der Waals surface area contributed by atoms with Crippen LogP contribution in [0.15, 0.2) is 43.0 Å². The molecule has 6 rings (SSSR count). The van der Waals surface area contributed by atoms with Crippen molar-refractivity contribution >= 4 is 45.8 Å². The Bertz CT molecular complexity index is 1600. The van der Waals surface area contributed by atoms with E-state index in [0.717, 1.165) is 22.3 Å². The summed E-state index contributed by atoms with van der Waals surface area (Å²) >= 11 is 12.6. The summed E-state index contributed by atoms with van der Waals surface area (Å²) in [4.78, 5) is 26.4. The number of halogens is 2. The maximum Gasteiger partial charge on any atom is 0.322 e. The fourth-order valence-corrected chi connectivity index (χ4v) is 5.07. The number of carbonyl (C=O) groups excluding carboxylic acids is 1. The zero-order chi connectivity index (χ0) is 25.7. The molecule has 3 N–H and O–H groups in total. The van der Waals surface area contributed by atoms with Gasteiger partial charge in [-0.1, -0.05) is 23.2 Å². The standard InChI is InChI=1S/C24H21Cl2N9O2/c1-12(21-16(25)7-27-8-17(21)26)37-14-3-4-18-15(5-14)22(33-32-18)23-30-19-10-35(11-20(19)31-23)24(36)29-13-6-28-34(2)9-13/h3-9,12H,10-11H2,1-2H3,(H,29,36)(H,30,31)(H,32,33). The van der Waals surface area contributed by atoms with Gasteiger partial charge in [0.05, 0.1) is 51.9 Å². The first kappa shape index (κ1) is 23.3. The van der Waals surface area contributed by atoms with Crippen molar-refractivity contribution in [2.75, 3.05) is 5.32 Å². The molecular formula is C24H21Cl2N9O2. The molecule has 1 aliphatic heterocycles. The lowest BCUT2D eigenvalue weighted by atomic mass is 10.1. The first-order chi connectivity index (χ1) is 17.9. The molecule has 0 saturated heterocycles. The summed E-state index contributed by atoms with van der Waals surface area (Å²) in [5, 5.41) is 16.2. The number of anilines is 1. The number of hydrogen-bond donors (Lipinski definition) is 3. The molecule has 13 heteroatoms. The second-order valence-electron chi connectivity index (χ2n) is 8.76. The summed E-state index contributed by atoms with van der Waals surface area (Å²) < 4.78 is 7.79. The predicted octanol–water partition coefficient (Wildman–Crippen LogP) is 5.08. The Kier molecular flexibility index (Phi) is 5.73. The molecule has 5 heterocycles. The van der Waals surface area contributed by atoms with Crippen molar-refractivity contribution in [1.82, 2.24) is 39.8 Å². The molecule has 1 atom stereocenters. The average molecular weight is 538 g/mol. The summed E-state index contributed by atoms with van der Waals surface area (Å²) in [6, 6.07) is 5.43. The van der Waals surface area contributed by atoms with Crippen molar-refractivity contribution in [1.29, 1.82) is 0 Å². The van der Waals surface area contributed by atoms with Gasteiger partial charge in [0.2, 0.25) is 0 Å². The Morgan fingerprint density at radius 1 is 1.19 bits per heavy atom. The lowest BCUT2D eigenvalue weighted by Crippen LogP contribution is -2.30. The van der Waals surface area contributed by atoms with Crippen LogP contribution in [0.25, 0.3) is 22.4 Å². The largest absolute Gasteiger partial charge is 0.486 e. The SMILES string of the molecule is CC(Oc1ccc2[nH]nc(-c3nc4c([nH]3)CN(C(=O)Nc3cnn(C)c3)C4)c2c1)c1c(Cl)cncc1Cl. The number of urea groups is 1. The highest BCUT2D eigenvalue weighted by atomic mass is 35.5. The molecule has 11 nitrogen and oxygen atoms in total. The van der Waals surface area contributed by atoms with Crippen molar-refractivity contribution in [3.05, 3.63) is 70.0 Å². The quantitative estimate of drug-likeness (QED) is 0.286. The smallest absolute Gasteiger partial charge is 0.322 e. The summed E-state index contributed by atoms with van der Waals surface area (Å²) in [5.74, 6) is 1.25. The van der Waals surface area contributed by atoms with Gasteiger partial charge in [-0.05, 0) is 25.1 Å². The van der Waals surface area contributed by atoms with E-state index < -0.39 is 6.10 Å². The molecule has 0 saturated carbocycles. The zero-order valence-corrected chi connectivity index (χ0v) is 21.3. The minimum absolute atomic E-state index is 0.212. The van der Waals surface area contributed by atoms with Gasteiger partial charge < -0.3 is 19.9 Å². The Morgan fingerprint density at radius 2 is 2.00 bits per heavy atom. The third-order valence-electron chi connectivity index (χ3n) is 6.17. The van der Waals surface area contributed by atoms with Crippen molar-refractivity contribution in [3.8, 4) is 17.3 Å². The fraction of sp³-hybridized carbons (Fsp3) is 0.208. The van der Waals surface area contributed by atoms with Crippen LogP contribution in [0.1, 0.15) is 30.0 Å². The Balaban J connectivity index is 1.21. The molecule has 0 spiro atoms. The number of fused-ring (bicyclic) bond motifs is 2. The molecule has 0 bridgehead atoms. The Morgan fingerprint density at radius 3 is 2.73 bits per heavy atom. The van der Waals surface area contributed by atoms with Crippen LogP contribution in [0.2, 0.25) is 10.0 Å². The number of aryl methyl sites for hydroxylation is 1. The van der Waals surface area contributed by atoms with Crippen molar-refractivity contribution in [2.45, 2.75) is 26.1 Å². The van der Waals surface area contributed by atoms with Crippen LogP contribution < -0.4 is 10.1 Å². The van der Waals surface area contributed by atoms with E-state index in [1.54, 1.807) is 41.4 Å². The highest BCUT2D eigenvalue weighted by molar-refractivity contribution is 6.35. The van der Waals surface area contributed by atoms with E-state index in [1.807, 2.05) is 25.1 Å². The average Bonchev–Trinajstić information content (AvgIpc) is 3.62. The molecule has 1 aromatic carbocycles. The number of rotatable bonds is 5. The number of nitrogens with zero attached hydrogens (tertiary/aromatic N) is 6. The van der Waals surface area contributed by atoms with Gasteiger partial charge in [0.15, 0.2) is 5.82 Å². The van der Waals surface area contributed by atoms with Gasteiger partial charge in [-0.2, -0.15) is 10.2 Å². The van der Waals surface area contributed by atoms with Crippen LogP contribution in [-0.4, -0.2) is 45.9 Å². The number of H-pyrrole nitrogens is 2. The third kappa shape index (κ3) is 4.36. The van der Waals surface area contributed by atoms with Crippen LogP contribution >= 0.6 is 23.2 Å². The van der Waals surface area contributed by atoms with E-state index in [9.17, 15) is 4.79 Å². The number of hydrogen-bond acceptors (Lipinski definition) is 6. The van der Waals surface area contributed by atoms with E-state index in [4.69, 9.17) is 32.9 Å². The van der Waals surface area contributed by atoms with Crippen molar-refractivity contribution < 1.29 is 9.53 Å². The molecule has 5 aromatic rings. The zero-order valence-electron chi connectivity index (χ0n) is 19.8. The first-order valence-electron chi connectivity index (χ1n) is 11.4. The molecular weight excluding hydrogens is 517 g/mol. The van der Waals surface area contributed by atoms with Crippen LogP contribution in [0, 0.1) is 0 Å². The molecule has 0 aliphatic carbocycles. The Hall–Kier alpha value is -4.09. The molecule has 1 aliphatic rings. The topological polar surface area (TPSA) is 130 Å². The molecule has 2 amide bonds. The number of amides is 2. The lowest BCUT2D eigenvalue weighted by molar-refractivity contribution is 0.212. The maximum atomic E-state index is 12.6. The number of carbonyl (C=O) groups is 1. The van der Waals surface area contributed by atoms with Gasteiger partial charge in [-0.3, -0.25) is 14.8 Å². The number of imidazole rings is 1. The normalized spacial score (nSPS) is 13.7. The highest BCUT2D eigenvalue weighted by Gasteiger charge is 2.28. The fourth-order valence-electron chi connectivity index (χ4n) is 4.40. The maximum absolute atomic E-state index is 12.6. The molecule has 1 unspecified atom stereocenters. The van der Waals surface area contributed by atoms with Crippen LogP contribution in [0.5, 0.6) is 5.75 Å². The van der Waals surface area contributed by atoms with Gasteiger partial charge in [-0.25, -0.2) is 9.78 Å². The van der Waals surface area contributed by atoms with Gasteiger partial charge in [-0.15, -0.1) is 0 Å². The van der Waals surface area contributed by atoms with Gasteiger partial charge in [0.25, 0.3) is 0 Å². The molecule has 0 radical (unpaired) electrons. The second-order valence-corrected chi connectivity index (χ2v) is 9.57. The van der Waals surface area contributed by atoms with Crippen LogP contribution in [0.4, 0.5) is 10.5 Å². The monoisotopic (exact) mass is 537 g/mol. The lowest BCUT2D eigenvalue weighted by Gasteiger charge is -2.17. The van der Waals surface area contributed by atoms with Crippen molar-refractivity contribution in [2.24, 2.45) is 7.05 Å². The van der Waals surface area contributed by atoms with E-state index in [0.29, 0.717) is 51.7 Å². The van der Waals surface area contributed by atoms with Gasteiger partial charge in [0, 0.05) is 36.6 Å². The summed E-state index contributed by atoms with van der Waals surface area (Å²) in [5.41, 5.74) is 4.48. The number of nitrogens with one attached hydrogen (secondary N) is 3. The van der Waals surface area contributed by atoms with Gasteiger partial charge in [0.1, 0.15) is 17.5 Å². The molecule has 188 valence electrons. The van der Waals surface area contributed by atoms with E-state index in [2.05, 4.69) is 30.6 Å². The second kappa shape index (κ2) is 9.09. The van der Waals surface area contributed by atoms with E-state index >= 15 is 0 Å². The van der Waals surface area contributed by atoms with Crippen molar-refractivity contribution in [3.63, 3.8) is 0 Å². The predicted molar refractivity (Wildman–Crippen MR) is 138 cm³/mol. The number of benzene rings is 1. The minimum atomic E-state index is -0.396. The Labute approximate surface area is 220 Å². The van der Waals surface area contributed by atoms with E-state index in [1.165, 1.54) is 0 Å². The van der Waals surface area contributed by atoms with Crippen LogP contribution in [0.3, 0.4) is 0 Å². The third-order valence-corrected chi connectivity index (χ3v) is 6.77.